The van der Waals surface area contributed by atoms with Crippen LogP contribution in [0, 0.1) is 0 Å². The summed E-state index contributed by atoms with van der Waals surface area (Å²) in [5.74, 6) is -4.01. The molecule has 0 aromatic carbocycles. The van der Waals surface area contributed by atoms with Gasteiger partial charge in [0.05, 0.1) is 12.5 Å². The van der Waals surface area contributed by atoms with Crippen LogP contribution in [0.4, 0.5) is 0 Å². The van der Waals surface area contributed by atoms with Crippen molar-refractivity contribution >= 4 is 11.9 Å². The van der Waals surface area contributed by atoms with E-state index in [9.17, 15) is 19.8 Å². The van der Waals surface area contributed by atoms with Crippen molar-refractivity contribution in [2.24, 2.45) is 0 Å². The zero-order valence-electron chi connectivity index (χ0n) is 16.0. The number of rotatable bonds is 16. The lowest BCUT2D eigenvalue weighted by Crippen LogP contribution is -2.39. The molecule has 0 aliphatic rings. The molecule has 0 bridgehead atoms. The Morgan fingerprint density at radius 3 is 1.77 bits per heavy atom. The molecule has 0 spiro atoms. The number of hydrogen-bond acceptors (Lipinski definition) is 6. The first-order valence-electron chi connectivity index (χ1n) is 9.48. The Morgan fingerprint density at radius 1 is 0.923 bits per heavy atom. The Kier molecular flexibility index (Phi) is 13.6. The highest BCUT2D eigenvalue weighted by Gasteiger charge is 2.34. The van der Waals surface area contributed by atoms with Gasteiger partial charge in [-0.15, -0.1) is 0 Å². The van der Waals surface area contributed by atoms with Crippen LogP contribution in [-0.4, -0.2) is 34.2 Å². The minimum Gasteiger partial charge on any atom is -0.395 e. The van der Waals surface area contributed by atoms with E-state index in [0.717, 1.165) is 69.9 Å². The summed E-state index contributed by atoms with van der Waals surface area (Å²) in [5.41, 5.74) is 0. The molecule has 0 aromatic rings. The molecule has 0 aromatic heterocycles. The van der Waals surface area contributed by atoms with Crippen molar-refractivity contribution in [3.63, 3.8) is 0 Å². The molecule has 0 aliphatic carbocycles. The second kappa shape index (κ2) is 14.5. The maximum Gasteiger partial charge on any atom is 0.373 e. The number of esters is 2. The molecule has 150 valence electrons. The summed E-state index contributed by atoms with van der Waals surface area (Å²) in [6.45, 7) is 8.49. The molecule has 0 aliphatic heterocycles. The van der Waals surface area contributed by atoms with Gasteiger partial charge < -0.3 is 19.7 Å². The predicted octanol–water partition coefficient (Wildman–Crippen LogP) is 3.76. The third kappa shape index (κ3) is 12.7. The zero-order chi connectivity index (χ0) is 19.8. The Bertz CT molecular complexity index is 410. The number of carbonyl (C=O) groups excluding carboxylic acids is 2. The lowest BCUT2D eigenvalue weighted by atomic mass is 10.0. The standard InChI is InChI=1S/C20H34O6/c1-4-17(21)15-13-11-9-7-8-10-12-14-16-20(24,25-18(22)5-2)26-19(23)6-3/h5-6,17,21,24H,2-4,7-16H2,1H3. The molecule has 1 atom stereocenters. The summed E-state index contributed by atoms with van der Waals surface area (Å²) in [7, 11) is 0. The van der Waals surface area contributed by atoms with Gasteiger partial charge in [-0.2, -0.15) is 0 Å². The summed E-state index contributed by atoms with van der Waals surface area (Å²) >= 11 is 0. The largest absolute Gasteiger partial charge is 0.395 e. The van der Waals surface area contributed by atoms with E-state index >= 15 is 0 Å². The molecular formula is C20H34O6. The predicted molar refractivity (Wildman–Crippen MR) is 100.0 cm³/mol. The van der Waals surface area contributed by atoms with Gasteiger partial charge in [-0.25, -0.2) is 9.59 Å². The third-order valence-corrected chi connectivity index (χ3v) is 4.10. The van der Waals surface area contributed by atoms with Gasteiger partial charge in [0.2, 0.25) is 0 Å². The summed E-state index contributed by atoms with van der Waals surface area (Å²) in [6, 6.07) is 0. The van der Waals surface area contributed by atoms with Crippen LogP contribution in [-0.2, 0) is 19.1 Å². The Hall–Kier alpha value is -1.66. The highest BCUT2D eigenvalue weighted by atomic mass is 16.8. The molecule has 0 heterocycles. The summed E-state index contributed by atoms with van der Waals surface area (Å²) in [4.78, 5) is 22.6. The van der Waals surface area contributed by atoms with Gasteiger partial charge in [0, 0.05) is 12.2 Å². The van der Waals surface area contributed by atoms with Gasteiger partial charge in [-0.05, 0) is 19.3 Å². The number of carbonyl (C=O) groups is 2. The van der Waals surface area contributed by atoms with E-state index in [1.807, 2.05) is 6.92 Å². The van der Waals surface area contributed by atoms with E-state index in [4.69, 9.17) is 9.47 Å². The van der Waals surface area contributed by atoms with Crippen molar-refractivity contribution < 1.29 is 29.3 Å². The Balaban J connectivity index is 3.91. The smallest absolute Gasteiger partial charge is 0.373 e. The van der Waals surface area contributed by atoms with Crippen molar-refractivity contribution in [3.8, 4) is 0 Å². The van der Waals surface area contributed by atoms with Crippen molar-refractivity contribution in [2.75, 3.05) is 0 Å². The maximum atomic E-state index is 11.3. The maximum absolute atomic E-state index is 11.3. The first-order valence-corrected chi connectivity index (χ1v) is 9.48. The fourth-order valence-corrected chi connectivity index (χ4v) is 2.51. The summed E-state index contributed by atoms with van der Waals surface area (Å²) in [5, 5.41) is 19.6. The monoisotopic (exact) mass is 370 g/mol. The number of aliphatic hydroxyl groups is 2. The second-order valence-corrected chi connectivity index (χ2v) is 6.39. The van der Waals surface area contributed by atoms with E-state index in [2.05, 4.69) is 13.2 Å². The van der Waals surface area contributed by atoms with Crippen LogP contribution in [0.15, 0.2) is 25.3 Å². The number of ether oxygens (including phenoxy) is 2. The van der Waals surface area contributed by atoms with Crippen molar-refractivity contribution in [1.29, 1.82) is 0 Å². The van der Waals surface area contributed by atoms with Crippen LogP contribution < -0.4 is 0 Å². The lowest BCUT2D eigenvalue weighted by Gasteiger charge is -2.25. The van der Waals surface area contributed by atoms with Gasteiger partial charge in [0.1, 0.15) is 0 Å². The molecule has 0 fully saturated rings. The van der Waals surface area contributed by atoms with E-state index in [1.165, 1.54) is 0 Å². The van der Waals surface area contributed by atoms with Gasteiger partial charge in [-0.3, -0.25) is 0 Å². The zero-order valence-corrected chi connectivity index (χ0v) is 16.0. The van der Waals surface area contributed by atoms with Gasteiger partial charge in [0.25, 0.3) is 0 Å². The fourth-order valence-electron chi connectivity index (χ4n) is 2.51. The SMILES string of the molecule is C=CC(=O)OC(O)(CCCCCCCCCCC(O)CC)OC(=O)C=C. The number of unbranched alkanes of at least 4 members (excludes halogenated alkanes) is 7. The molecule has 6 nitrogen and oxygen atoms in total. The Labute approximate surface area is 156 Å². The number of aliphatic hydroxyl groups excluding tert-OH is 1. The van der Waals surface area contributed by atoms with Crippen molar-refractivity contribution in [1.82, 2.24) is 0 Å². The summed E-state index contributed by atoms with van der Waals surface area (Å²) < 4.78 is 9.49. The van der Waals surface area contributed by atoms with Crippen LogP contribution in [0.3, 0.4) is 0 Å². The van der Waals surface area contributed by atoms with E-state index < -0.39 is 17.9 Å². The fraction of sp³-hybridized carbons (Fsp3) is 0.700. The lowest BCUT2D eigenvalue weighted by molar-refractivity contribution is -0.324. The quantitative estimate of drug-likeness (QED) is 0.186. The van der Waals surface area contributed by atoms with Crippen LogP contribution in [0.25, 0.3) is 0 Å². The highest BCUT2D eigenvalue weighted by Crippen LogP contribution is 2.21. The highest BCUT2D eigenvalue weighted by molar-refractivity contribution is 5.83. The number of hydrogen-bond donors (Lipinski definition) is 2. The molecule has 0 saturated heterocycles. The first-order chi connectivity index (χ1) is 12.4. The molecule has 1 unspecified atom stereocenters. The van der Waals surface area contributed by atoms with E-state index in [-0.39, 0.29) is 12.5 Å². The second-order valence-electron chi connectivity index (χ2n) is 6.39. The van der Waals surface area contributed by atoms with Crippen molar-refractivity contribution in [2.45, 2.75) is 89.6 Å². The average Bonchev–Trinajstić information content (AvgIpc) is 2.62. The molecule has 26 heavy (non-hydrogen) atoms. The average molecular weight is 370 g/mol. The molecule has 2 N–H and O–H groups in total. The minimum atomic E-state index is -2.28. The van der Waals surface area contributed by atoms with Crippen molar-refractivity contribution in [3.05, 3.63) is 25.3 Å². The van der Waals surface area contributed by atoms with Gasteiger partial charge in [0.15, 0.2) is 0 Å². The molecule has 0 radical (unpaired) electrons. The van der Waals surface area contributed by atoms with Crippen LogP contribution in [0.2, 0.25) is 0 Å². The topological polar surface area (TPSA) is 93.1 Å². The molecular weight excluding hydrogens is 336 g/mol. The molecule has 0 amide bonds. The summed E-state index contributed by atoms with van der Waals surface area (Å²) in [6.07, 6.45) is 11.2. The van der Waals surface area contributed by atoms with E-state index in [0.29, 0.717) is 6.42 Å². The Morgan fingerprint density at radius 2 is 1.35 bits per heavy atom. The molecule has 0 saturated carbocycles. The molecule has 6 heteroatoms. The normalized spacial score (nSPS) is 12.3. The third-order valence-electron chi connectivity index (χ3n) is 4.10. The van der Waals surface area contributed by atoms with E-state index in [1.54, 1.807) is 0 Å². The van der Waals surface area contributed by atoms with Crippen LogP contribution in [0.1, 0.15) is 77.6 Å². The van der Waals surface area contributed by atoms with Crippen LogP contribution in [0.5, 0.6) is 0 Å². The molecule has 0 rings (SSSR count). The van der Waals surface area contributed by atoms with Gasteiger partial charge >= 0.3 is 17.9 Å². The van der Waals surface area contributed by atoms with Crippen LogP contribution >= 0.6 is 0 Å². The minimum absolute atomic E-state index is 0.00106. The van der Waals surface area contributed by atoms with Gasteiger partial charge in [-0.1, -0.05) is 65.0 Å². The first kappa shape index (κ1) is 24.3.